The van der Waals surface area contributed by atoms with Gasteiger partial charge in [0, 0.05) is 17.8 Å². The van der Waals surface area contributed by atoms with Gasteiger partial charge in [-0.15, -0.1) is 0 Å². The molecule has 5 heteroatoms. The standard InChI is InChI=1S/C20H23N3O2/c21-19(24)18-8-4-5-13-23(18)14-15-9-11-16(12-10-15)20(25)22-17-6-2-1-3-7-17/h1-3,6-7,9-12,18H,4-5,8,13-14H2,(H2,21,24)(H,22,25)/t18-/m1/s1. The maximum atomic E-state index is 12.3. The first-order valence-electron chi connectivity index (χ1n) is 8.62. The molecule has 0 aliphatic carbocycles. The zero-order valence-electron chi connectivity index (χ0n) is 14.2. The summed E-state index contributed by atoms with van der Waals surface area (Å²) in [6.07, 6.45) is 2.96. The first kappa shape index (κ1) is 17.2. The fraction of sp³-hybridized carbons (Fsp3) is 0.300. The minimum Gasteiger partial charge on any atom is -0.368 e. The molecule has 1 aliphatic heterocycles. The van der Waals surface area contributed by atoms with Crippen molar-refractivity contribution >= 4 is 17.5 Å². The van der Waals surface area contributed by atoms with Crippen LogP contribution in [0.5, 0.6) is 0 Å². The minimum atomic E-state index is -0.251. The van der Waals surface area contributed by atoms with Gasteiger partial charge in [0.05, 0.1) is 6.04 Å². The summed E-state index contributed by atoms with van der Waals surface area (Å²) in [5, 5.41) is 2.87. The summed E-state index contributed by atoms with van der Waals surface area (Å²) in [7, 11) is 0. The number of likely N-dealkylation sites (tertiary alicyclic amines) is 1. The van der Waals surface area contributed by atoms with Crippen molar-refractivity contribution in [2.75, 3.05) is 11.9 Å². The highest BCUT2D eigenvalue weighted by molar-refractivity contribution is 6.04. The van der Waals surface area contributed by atoms with Crippen molar-refractivity contribution in [3.05, 3.63) is 65.7 Å². The van der Waals surface area contributed by atoms with Crippen LogP contribution in [0.1, 0.15) is 35.2 Å². The lowest BCUT2D eigenvalue weighted by Gasteiger charge is -2.33. The summed E-state index contributed by atoms with van der Waals surface area (Å²) in [4.78, 5) is 26.0. The van der Waals surface area contributed by atoms with Crippen LogP contribution in [-0.2, 0) is 11.3 Å². The van der Waals surface area contributed by atoms with Crippen LogP contribution in [0.4, 0.5) is 5.69 Å². The Kier molecular flexibility index (Phi) is 5.46. The molecule has 130 valence electrons. The molecule has 0 bridgehead atoms. The van der Waals surface area contributed by atoms with Gasteiger partial charge in [0.15, 0.2) is 0 Å². The number of nitrogens with one attached hydrogen (secondary N) is 1. The zero-order chi connectivity index (χ0) is 17.6. The number of carbonyl (C=O) groups is 2. The van der Waals surface area contributed by atoms with Crippen molar-refractivity contribution in [3.8, 4) is 0 Å². The van der Waals surface area contributed by atoms with Crippen molar-refractivity contribution in [1.82, 2.24) is 4.90 Å². The van der Waals surface area contributed by atoms with E-state index >= 15 is 0 Å². The number of para-hydroxylation sites is 1. The summed E-state index contributed by atoms with van der Waals surface area (Å²) in [6.45, 7) is 1.55. The number of anilines is 1. The number of primary amides is 1. The largest absolute Gasteiger partial charge is 0.368 e. The molecular weight excluding hydrogens is 314 g/mol. The average Bonchev–Trinajstić information content (AvgIpc) is 2.63. The molecule has 25 heavy (non-hydrogen) atoms. The fourth-order valence-electron chi connectivity index (χ4n) is 3.22. The number of hydrogen-bond donors (Lipinski definition) is 2. The Hall–Kier alpha value is -2.66. The molecule has 0 unspecified atom stereocenters. The van der Waals surface area contributed by atoms with Gasteiger partial charge >= 0.3 is 0 Å². The van der Waals surface area contributed by atoms with Crippen LogP contribution in [-0.4, -0.2) is 29.3 Å². The zero-order valence-corrected chi connectivity index (χ0v) is 14.2. The van der Waals surface area contributed by atoms with Crippen molar-refractivity contribution in [2.24, 2.45) is 5.73 Å². The number of benzene rings is 2. The molecule has 2 aromatic rings. The van der Waals surface area contributed by atoms with E-state index in [1.165, 1.54) is 0 Å². The summed E-state index contributed by atoms with van der Waals surface area (Å²) < 4.78 is 0. The molecular formula is C20H23N3O2. The maximum Gasteiger partial charge on any atom is 0.255 e. The normalized spacial score (nSPS) is 17.8. The third-order valence-electron chi connectivity index (χ3n) is 4.58. The van der Waals surface area contributed by atoms with E-state index in [1.54, 1.807) is 0 Å². The van der Waals surface area contributed by atoms with Crippen LogP contribution in [0.15, 0.2) is 54.6 Å². The molecule has 5 nitrogen and oxygen atoms in total. The highest BCUT2D eigenvalue weighted by Gasteiger charge is 2.26. The second kappa shape index (κ2) is 7.94. The third-order valence-corrected chi connectivity index (χ3v) is 4.58. The second-order valence-corrected chi connectivity index (χ2v) is 6.40. The molecule has 0 radical (unpaired) electrons. The van der Waals surface area contributed by atoms with Crippen LogP contribution in [0.2, 0.25) is 0 Å². The monoisotopic (exact) mass is 337 g/mol. The van der Waals surface area contributed by atoms with Crippen LogP contribution < -0.4 is 11.1 Å². The second-order valence-electron chi connectivity index (χ2n) is 6.40. The van der Waals surface area contributed by atoms with Crippen molar-refractivity contribution in [3.63, 3.8) is 0 Å². The third kappa shape index (κ3) is 4.45. The van der Waals surface area contributed by atoms with Crippen molar-refractivity contribution in [1.29, 1.82) is 0 Å². The van der Waals surface area contributed by atoms with Crippen molar-refractivity contribution in [2.45, 2.75) is 31.8 Å². The Morgan fingerprint density at radius 3 is 2.44 bits per heavy atom. The van der Waals surface area contributed by atoms with Gasteiger partial charge in [-0.2, -0.15) is 0 Å². The number of nitrogens with two attached hydrogens (primary N) is 1. The van der Waals surface area contributed by atoms with Gasteiger partial charge in [0.2, 0.25) is 5.91 Å². The molecule has 1 fully saturated rings. The SMILES string of the molecule is NC(=O)[C@H]1CCCCN1Cc1ccc(C(=O)Nc2ccccc2)cc1. The molecule has 2 aromatic carbocycles. The average molecular weight is 337 g/mol. The quantitative estimate of drug-likeness (QED) is 0.881. The Morgan fingerprint density at radius 1 is 1.04 bits per heavy atom. The molecule has 1 saturated heterocycles. The summed E-state index contributed by atoms with van der Waals surface area (Å²) in [6, 6.07) is 16.7. The van der Waals surface area contributed by atoms with Crippen LogP contribution in [0.25, 0.3) is 0 Å². The summed E-state index contributed by atoms with van der Waals surface area (Å²) >= 11 is 0. The van der Waals surface area contributed by atoms with Gasteiger partial charge in [-0.1, -0.05) is 36.8 Å². The molecule has 3 N–H and O–H groups in total. The fourth-order valence-corrected chi connectivity index (χ4v) is 3.22. The smallest absolute Gasteiger partial charge is 0.255 e. The number of piperidine rings is 1. The van der Waals surface area contributed by atoms with E-state index in [9.17, 15) is 9.59 Å². The van der Waals surface area contributed by atoms with Gasteiger partial charge in [-0.05, 0) is 49.2 Å². The molecule has 0 spiro atoms. The number of hydrogen-bond acceptors (Lipinski definition) is 3. The molecule has 0 aromatic heterocycles. The first-order chi connectivity index (χ1) is 12.1. The number of rotatable bonds is 5. The van der Waals surface area contributed by atoms with Gasteiger partial charge in [-0.3, -0.25) is 14.5 Å². The Bertz CT molecular complexity index is 728. The van der Waals surface area contributed by atoms with Crippen LogP contribution in [0.3, 0.4) is 0 Å². The number of carbonyl (C=O) groups excluding carboxylic acids is 2. The number of nitrogens with zero attached hydrogens (tertiary/aromatic N) is 1. The molecule has 0 saturated carbocycles. The summed E-state index contributed by atoms with van der Waals surface area (Å²) in [5.74, 6) is -0.385. The molecule has 1 aliphatic rings. The lowest BCUT2D eigenvalue weighted by atomic mass is 10.0. The predicted molar refractivity (Wildman–Crippen MR) is 98.1 cm³/mol. The van der Waals surface area contributed by atoms with E-state index in [4.69, 9.17) is 5.73 Å². The minimum absolute atomic E-state index is 0.134. The predicted octanol–water partition coefficient (Wildman–Crippen LogP) is 2.78. The Morgan fingerprint density at radius 2 is 1.76 bits per heavy atom. The van der Waals surface area contributed by atoms with Crippen molar-refractivity contribution < 1.29 is 9.59 Å². The van der Waals surface area contributed by atoms with Gasteiger partial charge in [-0.25, -0.2) is 0 Å². The van der Waals surface area contributed by atoms with E-state index in [0.29, 0.717) is 12.1 Å². The molecule has 1 heterocycles. The lowest BCUT2D eigenvalue weighted by Crippen LogP contribution is -2.47. The maximum absolute atomic E-state index is 12.3. The van der Waals surface area contributed by atoms with E-state index in [-0.39, 0.29) is 17.9 Å². The molecule has 3 rings (SSSR count). The summed E-state index contributed by atoms with van der Waals surface area (Å²) in [5.41, 5.74) is 7.97. The molecule has 1 atom stereocenters. The highest BCUT2D eigenvalue weighted by atomic mass is 16.2. The lowest BCUT2D eigenvalue weighted by molar-refractivity contribution is -0.124. The van der Waals surface area contributed by atoms with Gasteiger partial charge < -0.3 is 11.1 Å². The highest BCUT2D eigenvalue weighted by Crippen LogP contribution is 2.20. The van der Waals surface area contributed by atoms with E-state index < -0.39 is 0 Å². The van der Waals surface area contributed by atoms with E-state index in [0.717, 1.165) is 37.1 Å². The first-order valence-corrected chi connectivity index (χ1v) is 8.62. The number of amides is 2. The van der Waals surface area contributed by atoms with Gasteiger partial charge in [0.1, 0.15) is 0 Å². The van der Waals surface area contributed by atoms with Crippen LogP contribution >= 0.6 is 0 Å². The topological polar surface area (TPSA) is 75.4 Å². The Labute approximate surface area is 147 Å². The van der Waals surface area contributed by atoms with E-state index in [2.05, 4.69) is 10.2 Å². The van der Waals surface area contributed by atoms with E-state index in [1.807, 2.05) is 54.6 Å². The van der Waals surface area contributed by atoms with Gasteiger partial charge in [0.25, 0.3) is 5.91 Å². The van der Waals surface area contributed by atoms with Crippen LogP contribution in [0, 0.1) is 0 Å². The Balaban J connectivity index is 1.63. The molecule has 2 amide bonds.